The molecule has 0 amide bonds. The van der Waals surface area contributed by atoms with Crippen molar-refractivity contribution in [3.8, 4) is 0 Å². The van der Waals surface area contributed by atoms with Crippen molar-refractivity contribution >= 4 is 80.7 Å². The second-order valence-corrected chi connectivity index (χ2v) is 14.2. The highest BCUT2D eigenvalue weighted by Gasteiger charge is 2.44. The molecule has 0 N–H and O–H groups in total. The maximum atomic E-state index is 2.57. The van der Waals surface area contributed by atoms with E-state index in [-0.39, 0.29) is 6.71 Å². The minimum absolute atomic E-state index is 0.166. The van der Waals surface area contributed by atoms with E-state index in [9.17, 15) is 0 Å². The van der Waals surface area contributed by atoms with Gasteiger partial charge in [0.25, 0.3) is 6.71 Å². The first-order valence-corrected chi connectivity index (χ1v) is 18.3. The average molecular weight is 609 g/mol. The Balaban J connectivity index is 1.48. The highest BCUT2D eigenvalue weighted by atomic mass is 32.2. The van der Waals surface area contributed by atoms with E-state index in [0.29, 0.717) is 5.92 Å². The molecule has 5 heteroatoms. The van der Waals surface area contributed by atoms with Crippen LogP contribution in [0.25, 0.3) is 0 Å². The van der Waals surface area contributed by atoms with E-state index in [2.05, 4.69) is 132 Å². The standard InChI is InChI=1S/C39H37BN2S2/c1-26-14-16-30(17-15-26)42-36-25-32(44-3)19-21-34(36)40-33-20-18-31(43-2)24-35(33)41(29-12-8-5-9-13-29)37-22-28(23-38(42)39(37)40)27-10-6-4-7-11-27/h5,8-9,12-25,27H,4,6-7,10-11H2,1-3H3. The van der Waals surface area contributed by atoms with Gasteiger partial charge < -0.3 is 9.80 Å². The predicted octanol–water partition coefficient (Wildman–Crippen LogP) is 9.57. The topological polar surface area (TPSA) is 6.48 Å². The zero-order valence-electron chi connectivity index (χ0n) is 25.7. The summed E-state index contributed by atoms with van der Waals surface area (Å²) in [5, 5.41) is 0. The summed E-state index contributed by atoms with van der Waals surface area (Å²) in [6, 6.07) is 39.6. The normalized spacial score (nSPS) is 15.6. The monoisotopic (exact) mass is 608 g/mol. The lowest BCUT2D eigenvalue weighted by molar-refractivity contribution is 0.444. The smallest absolute Gasteiger partial charge is 0.252 e. The number of nitrogens with zero attached hydrogens (tertiary/aromatic N) is 2. The molecule has 0 unspecified atom stereocenters. The lowest BCUT2D eigenvalue weighted by Crippen LogP contribution is -2.61. The summed E-state index contributed by atoms with van der Waals surface area (Å²) in [6.07, 6.45) is 10.9. The van der Waals surface area contributed by atoms with E-state index in [1.165, 1.54) is 104 Å². The Morgan fingerprint density at radius 1 is 0.591 bits per heavy atom. The zero-order valence-corrected chi connectivity index (χ0v) is 27.3. The van der Waals surface area contributed by atoms with Crippen LogP contribution in [0.2, 0.25) is 0 Å². The summed E-state index contributed by atoms with van der Waals surface area (Å²) in [4.78, 5) is 7.73. The van der Waals surface area contributed by atoms with E-state index < -0.39 is 0 Å². The maximum Gasteiger partial charge on any atom is 0.252 e. The van der Waals surface area contributed by atoms with Gasteiger partial charge in [0, 0.05) is 43.9 Å². The van der Waals surface area contributed by atoms with Crippen molar-refractivity contribution < 1.29 is 0 Å². The predicted molar refractivity (Wildman–Crippen MR) is 195 cm³/mol. The van der Waals surface area contributed by atoms with Gasteiger partial charge in [0.15, 0.2) is 0 Å². The molecule has 1 saturated carbocycles. The quantitative estimate of drug-likeness (QED) is 0.142. The molecule has 0 spiro atoms. The van der Waals surface area contributed by atoms with Crippen molar-refractivity contribution in [3.05, 3.63) is 114 Å². The third-order valence-electron chi connectivity index (χ3n) is 9.89. The van der Waals surface area contributed by atoms with Gasteiger partial charge in [0.1, 0.15) is 0 Å². The molecule has 5 aromatic carbocycles. The molecule has 0 radical (unpaired) electrons. The van der Waals surface area contributed by atoms with Crippen molar-refractivity contribution in [2.24, 2.45) is 0 Å². The fraction of sp³-hybridized carbons (Fsp3) is 0.231. The second-order valence-electron chi connectivity index (χ2n) is 12.4. The van der Waals surface area contributed by atoms with Crippen LogP contribution >= 0.6 is 23.5 Å². The van der Waals surface area contributed by atoms with Gasteiger partial charge in [0.05, 0.1) is 0 Å². The highest BCUT2D eigenvalue weighted by molar-refractivity contribution is 7.98. The zero-order chi connectivity index (χ0) is 29.8. The van der Waals surface area contributed by atoms with Crippen molar-refractivity contribution in [2.75, 3.05) is 22.3 Å². The summed E-state index contributed by atoms with van der Waals surface area (Å²) >= 11 is 3.65. The minimum Gasteiger partial charge on any atom is -0.311 e. The second kappa shape index (κ2) is 11.4. The molecule has 2 nitrogen and oxygen atoms in total. The van der Waals surface area contributed by atoms with Crippen LogP contribution in [-0.4, -0.2) is 19.2 Å². The highest BCUT2D eigenvalue weighted by Crippen LogP contribution is 2.47. The van der Waals surface area contributed by atoms with Crippen LogP contribution in [0.3, 0.4) is 0 Å². The van der Waals surface area contributed by atoms with E-state index in [0.717, 1.165) is 0 Å². The number of hydrogen-bond acceptors (Lipinski definition) is 4. The molecule has 44 heavy (non-hydrogen) atoms. The van der Waals surface area contributed by atoms with Crippen LogP contribution in [-0.2, 0) is 0 Å². The number of aryl methyl sites for hydroxylation is 1. The Bertz CT molecular complexity index is 1850. The summed E-state index contributed by atoms with van der Waals surface area (Å²) in [5.74, 6) is 0.596. The van der Waals surface area contributed by atoms with E-state index in [4.69, 9.17) is 0 Å². The average Bonchev–Trinajstić information content (AvgIpc) is 3.08. The molecule has 0 atom stereocenters. The van der Waals surface area contributed by atoms with E-state index in [1.54, 1.807) is 0 Å². The number of fused-ring (bicyclic) bond motifs is 4. The number of anilines is 6. The Kier molecular flexibility index (Phi) is 7.27. The van der Waals surface area contributed by atoms with E-state index >= 15 is 0 Å². The van der Waals surface area contributed by atoms with Gasteiger partial charge in [-0.3, -0.25) is 0 Å². The molecule has 0 saturated heterocycles. The van der Waals surface area contributed by atoms with Crippen molar-refractivity contribution in [2.45, 2.75) is 54.7 Å². The SMILES string of the molecule is CSc1ccc2c(c1)N(c1ccccc1)c1cc(C3CCCCC3)cc3c1B2c1ccc(SC)cc1N3c1ccc(C)cc1. The Morgan fingerprint density at radius 2 is 1.14 bits per heavy atom. The number of thioether (sulfide) groups is 2. The molecule has 218 valence electrons. The van der Waals surface area contributed by atoms with Gasteiger partial charge in [-0.2, -0.15) is 0 Å². The van der Waals surface area contributed by atoms with Crippen LogP contribution in [0.15, 0.2) is 113 Å². The van der Waals surface area contributed by atoms with Crippen LogP contribution in [0.1, 0.15) is 49.1 Å². The van der Waals surface area contributed by atoms with E-state index in [1.807, 2.05) is 23.5 Å². The largest absolute Gasteiger partial charge is 0.311 e. The molecule has 2 aliphatic heterocycles. The first kappa shape index (κ1) is 28.0. The maximum absolute atomic E-state index is 2.57. The first-order valence-electron chi connectivity index (χ1n) is 15.9. The summed E-state index contributed by atoms with van der Waals surface area (Å²) in [6.45, 7) is 2.35. The fourth-order valence-corrected chi connectivity index (χ4v) is 8.59. The first-order chi connectivity index (χ1) is 21.6. The molecule has 2 heterocycles. The summed E-state index contributed by atoms with van der Waals surface area (Å²) in [7, 11) is 0. The summed E-state index contributed by atoms with van der Waals surface area (Å²) in [5.41, 5.74) is 14.7. The lowest BCUT2D eigenvalue weighted by atomic mass is 9.33. The Hall–Kier alpha value is -3.54. The molecular weight excluding hydrogens is 571 g/mol. The van der Waals surface area contributed by atoms with Gasteiger partial charge in [-0.15, -0.1) is 23.5 Å². The number of benzene rings is 5. The van der Waals surface area contributed by atoms with Crippen molar-refractivity contribution in [1.29, 1.82) is 0 Å². The summed E-state index contributed by atoms with van der Waals surface area (Å²) < 4.78 is 0. The van der Waals surface area contributed by atoms with Crippen LogP contribution in [0.4, 0.5) is 34.1 Å². The van der Waals surface area contributed by atoms with Gasteiger partial charge in [-0.05, 0) is 121 Å². The third-order valence-corrected chi connectivity index (χ3v) is 11.3. The van der Waals surface area contributed by atoms with Gasteiger partial charge in [-0.25, -0.2) is 0 Å². The fourth-order valence-electron chi connectivity index (χ4n) is 7.72. The minimum atomic E-state index is 0.166. The number of para-hydroxylation sites is 1. The van der Waals surface area contributed by atoms with Gasteiger partial charge in [-0.1, -0.05) is 67.3 Å². The number of rotatable bonds is 5. The molecule has 5 aromatic rings. The third kappa shape index (κ3) is 4.59. The Labute approximate surface area is 271 Å². The lowest BCUT2D eigenvalue weighted by Gasteiger charge is -2.45. The van der Waals surface area contributed by atoms with Crippen LogP contribution in [0, 0.1) is 6.92 Å². The van der Waals surface area contributed by atoms with Crippen molar-refractivity contribution in [1.82, 2.24) is 0 Å². The van der Waals surface area contributed by atoms with Crippen LogP contribution in [0.5, 0.6) is 0 Å². The van der Waals surface area contributed by atoms with Crippen LogP contribution < -0.4 is 26.2 Å². The molecule has 0 aromatic heterocycles. The number of hydrogen-bond donors (Lipinski definition) is 0. The van der Waals surface area contributed by atoms with Gasteiger partial charge >= 0.3 is 0 Å². The molecule has 1 aliphatic carbocycles. The Morgan fingerprint density at radius 3 is 1.68 bits per heavy atom. The molecular formula is C39H37BN2S2. The molecule has 8 rings (SSSR count). The van der Waals surface area contributed by atoms with Crippen molar-refractivity contribution in [3.63, 3.8) is 0 Å². The molecule has 1 fully saturated rings. The molecule has 0 bridgehead atoms. The van der Waals surface area contributed by atoms with Gasteiger partial charge in [0.2, 0.25) is 0 Å². The molecule has 3 aliphatic rings.